The van der Waals surface area contributed by atoms with Gasteiger partial charge in [-0.25, -0.2) is 0 Å². The summed E-state index contributed by atoms with van der Waals surface area (Å²) in [7, 11) is 0. The van der Waals surface area contributed by atoms with Gasteiger partial charge in [-0.15, -0.1) is 0 Å². The maximum Gasteiger partial charge on any atom is 0.182 e. The quantitative estimate of drug-likeness (QED) is 0.346. The minimum atomic E-state index is -1.62. The van der Waals surface area contributed by atoms with E-state index in [2.05, 4.69) is 6.92 Å². The molecule has 0 aliphatic carbocycles. The molecule has 0 unspecified atom stereocenters. The lowest BCUT2D eigenvalue weighted by atomic mass is 10.2. The number of rotatable bonds is 3. The first kappa shape index (κ1) is 7.01. The Morgan fingerprint density at radius 1 is 1.50 bits per heavy atom. The number of Topliss-reactive ketones (excluding diaryl/α,β-unsaturated/α-hetero) is 1. The molecule has 0 N–H and O–H groups in total. The topological polar surface area (TPSA) is 57.2 Å². The van der Waals surface area contributed by atoms with Crippen molar-refractivity contribution in [1.29, 1.82) is 0 Å². The number of hydrogen-bond acceptors (Lipinski definition) is 3. The molecular formula is C5H6O3. The minimum Gasteiger partial charge on any atom is -0.542 e. The van der Waals surface area contributed by atoms with Crippen LogP contribution in [0.3, 0.4) is 0 Å². The first-order valence-electron chi connectivity index (χ1n) is 2.22. The van der Waals surface area contributed by atoms with E-state index in [1.165, 1.54) is 0 Å². The molecule has 0 heterocycles. The minimum absolute atomic E-state index is 0.0255. The Labute approximate surface area is 47.3 Å². The molecule has 0 saturated carbocycles. The van der Waals surface area contributed by atoms with E-state index in [1.807, 2.05) is 0 Å². The Bertz CT molecular complexity index is 106. The summed E-state index contributed by atoms with van der Waals surface area (Å²) in [6.07, 6.45) is 0.287. The van der Waals surface area contributed by atoms with Crippen LogP contribution in [-0.4, -0.2) is 11.8 Å². The fourth-order valence-corrected chi connectivity index (χ4v) is 0.263. The molecule has 0 aromatic carbocycles. The monoisotopic (exact) mass is 114 g/mol. The predicted octanol–water partition coefficient (Wildman–Crippen LogP) is -1.08. The zero-order valence-electron chi connectivity index (χ0n) is 4.35. The van der Waals surface area contributed by atoms with Crippen LogP contribution >= 0.6 is 0 Å². The fourth-order valence-electron chi connectivity index (χ4n) is 0.263. The normalized spacial score (nSPS) is 8.50. The van der Waals surface area contributed by atoms with E-state index in [0.29, 0.717) is 6.42 Å². The van der Waals surface area contributed by atoms with E-state index in [-0.39, 0.29) is 6.42 Å². The van der Waals surface area contributed by atoms with Crippen molar-refractivity contribution in [2.45, 2.75) is 12.8 Å². The molecule has 0 aliphatic rings. The van der Waals surface area contributed by atoms with Crippen molar-refractivity contribution < 1.29 is 14.7 Å². The lowest BCUT2D eigenvalue weighted by Gasteiger charge is -1.93. The summed E-state index contributed by atoms with van der Waals surface area (Å²) in [5, 5.41) is 9.60. The van der Waals surface area contributed by atoms with E-state index >= 15 is 0 Å². The lowest BCUT2D eigenvalue weighted by Crippen LogP contribution is -2.31. The summed E-state index contributed by atoms with van der Waals surface area (Å²) < 4.78 is 0. The van der Waals surface area contributed by atoms with Crippen LogP contribution < -0.4 is 5.11 Å². The van der Waals surface area contributed by atoms with Gasteiger partial charge in [0, 0.05) is 0 Å². The standard InChI is InChI=1S/C5H6O3/c1-2-3-4(6)5(7)8/h1-3H2. The molecule has 3 nitrogen and oxygen atoms in total. The van der Waals surface area contributed by atoms with Crippen molar-refractivity contribution in [3.63, 3.8) is 0 Å². The first-order valence-corrected chi connectivity index (χ1v) is 2.22. The average Bonchev–Trinajstić information content (AvgIpc) is 1.67. The van der Waals surface area contributed by atoms with E-state index in [1.54, 1.807) is 0 Å². The number of hydrogen-bond donors (Lipinski definition) is 0. The van der Waals surface area contributed by atoms with Gasteiger partial charge < -0.3 is 9.90 Å². The van der Waals surface area contributed by atoms with Crippen LogP contribution in [0.4, 0.5) is 0 Å². The van der Waals surface area contributed by atoms with Crippen LogP contribution in [0.5, 0.6) is 0 Å². The van der Waals surface area contributed by atoms with Crippen LogP contribution in [0.25, 0.3) is 0 Å². The average molecular weight is 114 g/mol. The van der Waals surface area contributed by atoms with Gasteiger partial charge in [-0.3, -0.25) is 4.79 Å². The summed E-state index contributed by atoms with van der Waals surface area (Å²) in [5.74, 6) is -2.49. The molecule has 0 atom stereocenters. The van der Waals surface area contributed by atoms with Gasteiger partial charge in [0.05, 0.1) is 19.8 Å². The third-order valence-corrected chi connectivity index (χ3v) is 0.632. The second kappa shape index (κ2) is 3.07. The van der Waals surface area contributed by atoms with E-state index in [0.717, 1.165) is 0 Å². The van der Waals surface area contributed by atoms with Crippen molar-refractivity contribution in [2.75, 3.05) is 0 Å². The van der Waals surface area contributed by atoms with Crippen LogP contribution in [-0.2, 0) is 9.59 Å². The Morgan fingerprint density at radius 2 is 2.00 bits per heavy atom. The highest BCUT2D eigenvalue weighted by Gasteiger charge is 2.00. The molecule has 0 rings (SSSR count). The van der Waals surface area contributed by atoms with Gasteiger partial charge in [0.15, 0.2) is 5.78 Å². The Hall–Kier alpha value is -0.990. The molecule has 8 heavy (non-hydrogen) atoms. The number of carboxylic acid groups (broad SMARTS) is 1. The summed E-state index contributed by atoms with van der Waals surface area (Å²) in [5.41, 5.74) is 0. The molecule has 0 fully saturated rings. The maximum absolute atomic E-state index is 10.0. The summed E-state index contributed by atoms with van der Waals surface area (Å²) in [6, 6.07) is 0. The number of ketones is 1. The summed E-state index contributed by atoms with van der Waals surface area (Å²) in [6.45, 7) is 3.30. The highest BCUT2D eigenvalue weighted by Crippen LogP contribution is 1.85. The van der Waals surface area contributed by atoms with Crippen LogP contribution in [0.2, 0.25) is 0 Å². The van der Waals surface area contributed by atoms with Gasteiger partial charge in [0.1, 0.15) is 5.97 Å². The molecule has 0 aliphatic heterocycles. The highest BCUT2D eigenvalue weighted by molar-refractivity contribution is 6.31. The second-order valence-electron chi connectivity index (χ2n) is 1.31. The van der Waals surface area contributed by atoms with E-state index in [9.17, 15) is 14.7 Å². The predicted molar refractivity (Wildman–Crippen MR) is 24.6 cm³/mol. The van der Waals surface area contributed by atoms with Crippen molar-refractivity contribution in [3.05, 3.63) is 6.92 Å². The van der Waals surface area contributed by atoms with E-state index < -0.39 is 11.8 Å². The van der Waals surface area contributed by atoms with Crippen molar-refractivity contribution in [3.8, 4) is 0 Å². The fraction of sp³-hybridized carbons (Fsp3) is 0.400. The molecule has 0 aromatic heterocycles. The second-order valence-corrected chi connectivity index (χ2v) is 1.31. The number of aliphatic carboxylic acids is 1. The van der Waals surface area contributed by atoms with Gasteiger partial charge in [-0.2, -0.15) is 0 Å². The van der Waals surface area contributed by atoms with Crippen LogP contribution in [0, 0.1) is 6.92 Å². The highest BCUT2D eigenvalue weighted by atomic mass is 16.4. The Morgan fingerprint density at radius 3 is 2.12 bits per heavy atom. The molecule has 3 heteroatoms. The number of carbonyl (C=O) groups is 2. The largest absolute Gasteiger partial charge is 0.542 e. The molecule has 44 valence electrons. The lowest BCUT2D eigenvalue weighted by molar-refractivity contribution is -0.300. The maximum atomic E-state index is 10.0. The SMILES string of the molecule is [CH2+]CCC(=O)C(=O)[O-]. The van der Waals surface area contributed by atoms with Gasteiger partial charge in [-0.1, -0.05) is 0 Å². The zero-order chi connectivity index (χ0) is 6.57. The van der Waals surface area contributed by atoms with Crippen molar-refractivity contribution >= 4 is 11.8 Å². The third-order valence-electron chi connectivity index (χ3n) is 0.632. The van der Waals surface area contributed by atoms with Crippen LogP contribution in [0.15, 0.2) is 0 Å². The van der Waals surface area contributed by atoms with E-state index in [4.69, 9.17) is 0 Å². The molecule has 0 amide bonds. The van der Waals surface area contributed by atoms with Gasteiger partial charge in [0.2, 0.25) is 0 Å². The zero-order valence-corrected chi connectivity index (χ0v) is 4.35. The van der Waals surface area contributed by atoms with Gasteiger partial charge >= 0.3 is 0 Å². The van der Waals surface area contributed by atoms with Crippen molar-refractivity contribution in [1.82, 2.24) is 0 Å². The Kier molecular flexibility index (Phi) is 2.69. The molecule has 0 bridgehead atoms. The molecule has 0 radical (unpaired) electrons. The summed E-state index contributed by atoms with van der Waals surface area (Å²) in [4.78, 5) is 19.6. The molecular weight excluding hydrogens is 108 g/mol. The third kappa shape index (κ3) is 2.23. The van der Waals surface area contributed by atoms with Gasteiger partial charge in [-0.05, 0) is 0 Å². The smallest absolute Gasteiger partial charge is 0.182 e. The molecule has 0 saturated heterocycles. The van der Waals surface area contributed by atoms with Crippen molar-refractivity contribution in [2.24, 2.45) is 0 Å². The number of carboxylic acids is 1. The first-order chi connectivity index (χ1) is 3.68. The molecule has 0 spiro atoms. The number of carbonyl (C=O) groups excluding carboxylic acids is 2. The van der Waals surface area contributed by atoms with Crippen LogP contribution in [0.1, 0.15) is 12.8 Å². The molecule has 0 aromatic rings. The van der Waals surface area contributed by atoms with Gasteiger partial charge in [0.25, 0.3) is 0 Å². The summed E-state index contributed by atoms with van der Waals surface area (Å²) >= 11 is 0. The Balaban J connectivity index is 3.49.